The van der Waals surface area contributed by atoms with Crippen LogP contribution < -0.4 is 10.0 Å². The number of nitrogens with zero attached hydrogens (tertiary/aromatic N) is 1. The minimum Gasteiger partial charge on any atom is -0.316 e. The predicted molar refractivity (Wildman–Crippen MR) is 82.2 cm³/mol. The Balaban J connectivity index is 2.09. The summed E-state index contributed by atoms with van der Waals surface area (Å²) < 4.78 is 27.0. The molecule has 1 aromatic heterocycles. The first kappa shape index (κ1) is 15.6. The molecule has 0 saturated carbocycles. The molecule has 6 heteroatoms. The third-order valence-corrected chi connectivity index (χ3v) is 4.48. The van der Waals surface area contributed by atoms with Crippen LogP contribution in [0.25, 0.3) is 0 Å². The molecule has 21 heavy (non-hydrogen) atoms. The Labute approximate surface area is 125 Å². The van der Waals surface area contributed by atoms with Gasteiger partial charge in [-0.3, -0.25) is 0 Å². The number of benzene rings is 1. The molecule has 2 aromatic rings. The summed E-state index contributed by atoms with van der Waals surface area (Å²) in [4.78, 5) is 4.01. The van der Waals surface area contributed by atoms with Crippen LogP contribution in [0.2, 0.25) is 0 Å². The number of hydrogen-bond donors (Lipinski definition) is 2. The lowest BCUT2D eigenvalue weighted by molar-refractivity contribution is 0.577. The maximum atomic E-state index is 12.2. The molecular weight excluding hydrogens is 286 g/mol. The Bertz CT molecular complexity index is 697. The van der Waals surface area contributed by atoms with Crippen molar-refractivity contribution in [3.63, 3.8) is 0 Å². The molecule has 112 valence electrons. The van der Waals surface area contributed by atoms with Crippen LogP contribution in [-0.4, -0.2) is 20.4 Å². The number of hydrogen-bond acceptors (Lipinski definition) is 4. The van der Waals surface area contributed by atoms with Crippen LogP contribution in [-0.2, 0) is 23.1 Å². The minimum atomic E-state index is -3.59. The van der Waals surface area contributed by atoms with Crippen molar-refractivity contribution in [1.29, 1.82) is 0 Å². The van der Waals surface area contributed by atoms with E-state index in [1.54, 1.807) is 12.3 Å². The summed E-state index contributed by atoms with van der Waals surface area (Å²) in [6.07, 6.45) is 1.57. The zero-order valence-corrected chi connectivity index (χ0v) is 12.9. The second kappa shape index (κ2) is 6.80. The molecule has 0 aliphatic rings. The molecule has 1 heterocycles. The molecule has 0 spiro atoms. The van der Waals surface area contributed by atoms with Gasteiger partial charge in [0.25, 0.3) is 10.0 Å². The topological polar surface area (TPSA) is 71.1 Å². The molecule has 2 rings (SSSR count). The van der Waals surface area contributed by atoms with E-state index in [9.17, 15) is 8.42 Å². The highest BCUT2D eigenvalue weighted by Gasteiger charge is 2.15. The zero-order chi connectivity index (χ0) is 15.3. The van der Waals surface area contributed by atoms with E-state index >= 15 is 0 Å². The summed E-state index contributed by atoms with van der Waals surface area (Å²) >= 11 is 0. The third kappa shape index (κ3) is 4.10. The van der Waals surface area contributed by atoms with E-state index in [1.165, 1.54) is 6.07 Å². The van der Waals surface area contributed by atoms with E-state index in [-0.39, 0.29) is 11.6 Å². The van der Waals surface area contributed by atoms with Gasteiger partial charge >= 0.3 is 0 Å². The van der Waals surface area contributed by atoms with Crippen molar-refractivity contribution in [2.45, 2.75) is 25.0 Å². The molecular formula is C15H19N3O2S. The highest BCUT2D eigenvalue weighted by atomic mass is 32.2. The molecule has 0 bridgehead atoms. The first-order valence-corrected chi connectivity index (χ1v) is 8.15. The van der Waals surface area contributed by atoms with Crippen LogP contribution >= 0.6 is 0 Å². The van der Waals surface area contributed by atoms with Gasteiger partial charge in [-0.1, -0.05) is 30.3 Å². The highest BCUT2D eigenvalue weighted by molar-refractivity contribution is 7.89. The average Bonchev–Trinajstić information content (AvgIpc) is 2.47. The molecule has 2 N–H and O–H groups in total. The molecule has 0 saturated heterocycles. The molecule has 0 amide bonds. The third-order valence-electron chi connectivity index (χ3n) is 3.17. The smallest absolute Gasteiger partial charge is 0.258 e. The Morgan fingerprint density at radius 1 is 1.10 bits per heavy atom. The van der Waals surface area contributed by atoms with Gasteiger partial charge in [0.2, 0.25) is 0 Å². The first-order valence-electron chi connectivity index (χ1n) is 6.66. The van der Waals surface area contributed by atoms with Crippen LogP contribution in [0, 0.1) is 6.92 Å². The van der Waals surface area contributed by atoms with Crippen LogP contribution in [0.15, 0.2) is 47.6 Å². The van der Waals surface area contributed by atoms with Gasteiger partial charge in [-0.2, -0.15) is 0 Å². The lowest BCUT2D eigenvalue weighted by Gasteiger charge is -2.08. The van der Waals surface area contributed by atoms with Crippen molar-refractivity contribution >= 4 is 10.0 Å². The Morgan fingerprint density at radius 2 is 1.86 bits per heavy atom. The molecule has 0 atom stereocenters. The Kier molecular flexibility index (Phi) is 5.06. The van der Waals surface area contributed by atoms with Gasteiger partial charge in [-0.25, -0.2) is 18.1 Å². The molecule has 0 fully saturated rings. The number of sulfonamides is 1. The van der Waals surface area contributed by atoms with Crippen LogP contribution in [0.5, 0.6) is 0 Å². The Morgan fingerprint density at radius 3 is 2.48 bits per heavy atom. The quantitative estimate of drug-likeness (QED) is 0.850. The lowest BCUT2D eigenvalue weighted by Crippen LogP contribution is -2.24. The van der Waals surface area contributed by atoms with Gasteiger partial charge in [0.1, 0.15) is 0 Å². The van der Waals surface area contributed by atoms with Crippen molar-refractivity contribution < 1.29 is 8.42 Å². The zero-order valence-electron chi connectivity index (χ0n) is 12.1. The number of nitrogens with one attached hydrogen (secondary N) is 2. The van der Waals surface area contributed by atoms with E-state index in [4.69, 9.17) is 0 Å². The number of aryl methyl sites for hydroxylation is 1. The fourth-order valence-electron chi connectivity index (χ4n) is 1.93. The maximum absolute atomic E-state index is 12.2. The van der Waals surface area contributed by atoms with Crippen LogP contribution in [0.1, 0.15) is 16.7 Å². The highest BCUT2D eigenvalue weighted by Crippen LogP contribution is 2.10. The van der Waals surface area contributed by atoms with Gasteiger partial charge in [0.05, 0.1) is 0 Å². The van der Waals surface area contributed by atoms with E-state index in [1.807, 2.05) is 38.2 Å². The molecule has 0 radical (unpaired) electrons. The molecule has 1 aromatic carbocycles. The van der Waals surface area contributed by atoms with Crippen molar-refractivity contribution in [2.24, 2.45) is 0 Å². The van der Waals surface area contributed by atoms with Gasteiger partial charge in [0, 0.05) is 19.3 Å². The number of pyridine rings is 1. The van der Waals surface area contributed by atoms with Crippen molar-refractivity contribution in [3.05, 3.63) is 59.3 Å². The summed E-state index contributed by atoms with van der Waals surface area (Å²) in [7, 11) is -1.76. The minimum absolute atomic E-state index is 0.0379. The Hall–Kier alpha value is -1.76. The fraction of sp³-hybridized carbons (Fsp3) is 0.267. The lowest BCUT2D eigenvalue weighted by atomic mass is 10.1. The largest absolute Gasteiger partial charge is 0.316 e. The number of aromatic nitrogens is 1. The predicted octanol–water partition coefficient (Wildman–Crippen LogP) is 1.59. The number of rotatable bonds is 6. The maximum Gasteiger partial charge on any atom is 0.258 e. The van der Waals surface area contributed by atoms with Crippen LogP contribution in [0.3, 0.4) is 0 Å². The SMILES string of the molecule is CNCc1ccc(S(=O)(=O)NCc2ccccc2C)nc1. The summed E-state index contributed by atoms with van der Waals surface area (Å²) in [6.45, 7) is 2.87. The van der Waals surface area contributed by atoms with E-state index < -0.39 is 10.0 Å². The summed E-state index contributed by atoms with van der Waals surface area (Å²) in [5, 5.41) is 3.03. The van der Waals surface area contributed by atoms with Gasteiger partial charge in [-0.15, -0.1) is 0 Å². The van der Waals surface area contributed by atoms with E-state index in [2.05, 4.69) is 15.0 Å². The van der Waals surface area contributed by atoms with E-state index in [0.29, 0.717) is 6.54 Å². The first-order chi connectivity index (χ1) is 10.0. The van der Waals surface area contributed by atoms with Crippen LogP contribution in [0.4, 0.5) is 0 Å². The molecule has 0 aliphatic heterocycles. The second-order valence-electron chi connectivity index (χ2n) is 4.79. The molecule has 5 nitrogen and oxygen atoms in total. The van der Waals surface area contributed by atoms with E-state index in [0.717, 1.165) is 16.7 Å². The van der Waals surface area contributed by atoms with Gasteiger partial charge in [0.15, 0.2) is 5.03 Å². The van der Waals surface area contributed by atoms with Gasteiger partial charge < -0.3 is 5.32 Å². The van der Waals surface area contributed by atoms with Crippen molar-refractivity contribution in [2.75, 3.05) is 7.05 Å². The van der Waals surface area contributed by atoms with Crippen molar-refractivity contribution in [3.8, 4) is 0 Å². The standard InChI is InChI=1S/C15H19N3O2S/c1-12-5-3-4-6-14(12)11-18-21(19,20)15-8-7-13(9-16-2)10-17-15/h3-8,10,16,18H,9,11H2,1-2H3. The summed E-state index contributed by atoms with van der Waals surface area (Å²) in [6, 6.07) is 10.9. The monoisotopic (exact) mass is 305 g/mol. The fourth-order valence-corrected chi connectivity index (χ4v) is 2.87. The van der Waals surface area contributed by atoms with Crippen molar-refractivity contribution in [1.82, 2.24) is 15.0 Å². The molecule has 0 aliphatic carbocycles. The molecule has 0 unspecified atom stereocenters. The average molecular weight is 305 g/mol. The van der Waals surface area contributed by atoms with Gasteiger partial charge in [-0.05, 0) is 36.7 Å². The summed E-state index contributed by atoms with van der Waals surface area (Å²) in [5.74, 6) is 0. The second-order valence-corrected chi connectivity index (χ2v) is 6.50. The summed E-state index contributed by atoms with van der Waals surface area (Å²) in [5.41, 5.74) is 2.95. The normalized spacial score (nSPS) is 11.5.